The lowest BCUT2D eigenvalue weighted by Gasteiger charge is -2.48. The van der Waals surface area contributed by atoms with E-state index in [2.05, 4.69) is 83.5 Å². The molecule has 5 fully saturated rings. The second-order valence-corrected chi connectivity index (χ2v) is 19.8. The Bertz CT molecular complexity index is 3240. The Morgan fingerprint density at radius 1 is 0.582 bits per heavy atom. The van der Waals surface area contributed by atoms with Crippen molar-refractivity contribution in [3.63, 3.8) is 0 Å². The fraction of sp³-hybridized carbons (Fsp3) is 0.373. The van der Waals surface area contributed by atoms with Gasteiger partial charge in [0.25, 0.3) is 0 Å². The molecule has 4 heteroatoms. The number of aromatic nitrogens is 3. The number of hydrogen-bond donors (Lipinski definition) is 0. The molecule has 7 unspecified atom stereocenters. The van der Waals surface area contributed by atoms with E-state index >= 15 is 0 Å². The minimum Gasteiger partial charge on any atom is -0.455 e. The van der Waals surface area contributed by atoms with Crippen LogP contribution in [0.1, 0.15) is 110 Å². The first-order valence-electron chi connectivity index (χ1n) is 21.5. The Balaban J connectivity index is 1.10. The van der Waals surface area contributed by atoms with Crippen molar-refractivity contribution >= 4 is 70.8 Å². The predicted octanol–water partition coefficient (Wildman–Crippen LogP) is 13.1. The number of rotatable bonds is 1. The van der Waals surface area contributed by atoms with E-state index in [-0.39, 0.29) is 0 Å². The molecule has 0 N–H and O–H groups in total. The summed E-state index contributed by atoms with van der Waals surface area (Å²) in [6, 6.07) is 25.1. The lowest BCUT2D eigenvalue weighted by Crippen LogP contribution is -2.41. The number of fused-ring (bicyclic) bond motifs is 16. The molecular formula is C51H41N3O. The van der Waals surface area contributed by atoms with Crippen LogP contribution in [-0.2, 0) is 0 Å². The number of furan rings is 1. The molecule has 8 aliphatic carbocycles. The highest BCUT2D eigenvalue weighted by molar-refractivity contribution is 6.27. The van der Waals surface area contributed by atoms with Crippen molar-refractivity contribution in [2.75, 3.05) is 0 Å². The molecule has 7 bridgehead atoms. The average molecular weight is 712 g/mol. The minimum atomic E-state index is 0.594. The molecule has 4 nitrogen and oxygen atoms in total. The topological polar surface area (TPSA) is 43.3 Å². The summed E-state index contributed by atoms with van der Waals surface area (Å²) in [5.74, 6) is 6.02. The van der Waals surface area contributed by atoms with E-state index in [1.54, 1.807) is 11.1 Å². The van der Waals surface area contributed by atoms with Gasteiger partial charge in [0.2, 0.25) is 0 Å². The molecule has 0 radical (unpaired) electrons. The van der Waals surface area contributed by atoms with Crippen LogP contribution in [0.15, 0.2) is 83.5 Å². The quantitative estimate of drug-likeness (QED) is 0.170. The van der Waals surface area contributed by atoms with Crippen LogP contribution in [0, 0.1) is 29.1 Å². The molecule has 266 valence electrons. The van der Waals surface area contributed by atoms with Crippen molar-refractivity contribution in [3.05, 3.63) is 102 Å². The predicted molar refractivity (Wildman–Crippen MR) is 220 cm³/mol. The lowest BCUT2D eigenvalue weighted by molar-refractivity contribution is 0.00321. The molecule has 17 rings (SSSR count). The maximum Gasteiger partial charge on any atom is 0.143 e. The van der Waals surface area contributed by atoms with Gasteiger partial charge in [0.15, 0.2) is 0 Å². The van der Waals surface area contributed by atoms with Gasteiger partial charge in [0.05, 0.1) is 28.9 Å². The van der Waals surface area contributed by atoms with Crippen LogP contribution in [0.2, 0.25) is 0 Å². The van der Waals surface area contributed by atoms with E-state index in [1.807, 2.05) is 0 Å². The molecule has 0 aliphatic heterocycles. The van der Waals surface area contributed by atoms with Gasteiger partial charge in [-0.25, -0.2) is 0 Å². The molecule has 5 saturated carbocycles. The Morgan fingerprint density at radius 3 is 2.04 bits per heavy atom. The third kappa shape index (κ3) is 3.17. The first-order chi connectivity index (χ1) is 27.2. The minimum absolute atomic E-state index is 0.594. The standard InChI is InChI=1S/C51H41N3O/c1-2-6-34-26(5-1)16-36-35-7-3-4-8-41(35)55-50(36)42(34)28-17-37-45-39(22-52-47-29-12-24-9-25(13-29)11-27(10-24)43(45)47)54-40-23-53-48-31-15-33-19-32-14-30(20-51(32,33)21-31)44(48)46(40)38(18-28)49(37)54/h1-8,16-18,22-25,27,29-33H,9-15,19-21H2. The second-order valence-electron chi connectivity index (χ2n) is 19.8. The zero-order valence-electron chi connectivity index (χ0n) is 30.9. The molecule has 0 amide bonds. The number of hydrogen-bond acceptors (Lipinski definition) is 3. The molecule has 5 heterocycles. The van der Waals surface area contributed by atoms with Crippen LogP contribution in [-0.4, -0.2) is 14.4 Å². The Kier molecular flexibility index (Phi) is 4.75. The van der Waals surface area contributed by atoms with Gasteiger partial charge in [-0.05, 0) is 157 Å². The van der Waals surface area contributed by atoms with Gasteiger partial charge < -0.3 is 8.82 Å². The van der Waals surface area contributed by atoms with Gasteiger partial charge in [-0.1, -0.05) is 42.5 Å². The van der Waals surface area contributed by atoms with Gasteiger partial charge in [0, 0.05) is 61.1 Å². The smallest absolute Gasteiger partial charge is 0.143 e. The molecule has 8 aliphatic rings. The van der Waals surface area contributed by atoms with Crippen LogP contribution in [0.25, 0.3) is 81.9 Å². The van der Waals surface area contributed by atoms with Crippen molar-refractivity contribution in [2.45, 2.75) is 87.9 Å². The van der Waals surface area contributed by atoms with Crippen LogP contribution in [0.4, 0.5) is 0 Å². The monoisotopic (exact) mass is 711 g/mol. The third-order valence-corrected chi connectivity index (χ3v) is 17.6. The molecule has 5 aromatic heterocycles. The van der Waals surface area contributed by atoms with Gasteiger partial charge in [-0.3, -0.25) is 9.97 Å². The number of para-hydroxylation sites is 1. The summed E-state index contributed by atoms with van der Waals surface area (Å²) in [5.41, 5.74) is 15.2. The van der Waals surface area contributed by atoms with E-state index in [1.165, 1.54) is 146 Å². The van der Waals surface area contributed by atoms with E-state index in [0.29, 0.717) is 29.1 Å². The second kappa shape index (κ2) is 9.18. The highest BCUT2D eigenvalue weighted by Crippen LogP contribution is 2.76. The average Bonchev–Trinajstić information content (AvgIpc) is 3.94. The highest BCUT2D eigenvalue weighted by atomic mass is 16.3. The fourth-order valence-electron chi connectivity index (χ4n) is 15.9. The Morgan fingerprint density at radius 2 is 1.24 bits per heavy atom. The summed E-state index contributed by atoms with van der Waals surface area (Å²) in [4.78, 5) is 11.1. The lowest BCUT2D eigenvalue weighted by atomic mass is 9.56. The molecular weight excluding hydrogens is 671 g/mol. The van der Waals surface area contributed by atoms with Crippen molar-refractivity contribution in [1.29, 1.82) is 0 Å². The number of nitrogens with zero attached hydrogens (tertiary/aromatic N) is 3. The summed E-state index contributed by atoms with van der Waals surface area (Å²) < 4.78 is 9.58. The zero-order chi connectivity index (χ0) is 35.1. The molecule has 7 atom stereocenters. The number of benzene rings is 4. The van der Waals surface area contributed by atoms with Crippen LogP contribution < -0.4 is 0 Å². The molecule has 0 saturated heterocycles. The first-order valence-corrected chi connectivity index (χ1v) is 21.5. The van der Waals surface area contributed by atoms with Crippen molar-refractivity contribution < 1.29 is 4.42 Å². The maximum absolute atomic E-state index is 6.93. The van der Waals surface area contributed by atoms with E-state index in [0.717, 1.165) is 34.8 Å². The molecule has 4 aromatic carbocycles. The summed E-state index contributed by atoms with van der Waals surface area (Å²) in [5, 5.41) is 10.8. The van der Waals surface area contributed by atoms with E-state index < -0.39 is 0 Å². The van der Waals surface area contributed by atoms with Crippen molar-refractivity contribution in [3.8, 4) is 11.1 Å². The van der Waals surface area contributed by atoms with Crippen LogP contribution in [0.3, 0.4) is 0 Å². The van der Waals surface area contributed by atoms with Crippen molar-refractivity contribution in [1.82, 2.24) is 14.4 Å². The Labute approximate surface area is 318 Å². The van der Waals surface area contributed by atoms with E-state index in [4.69, 9.17) is 14.4 Å². The van der Waals surface area contributed by atoms with Gasteiger partial charge in [-0.15, -0.1) is 0 Å². The SMILES string of the molecule is c1ccc2c(-c3cc4c5c6c(ncc5n5c7cnc8c(c7c(c3)c45)C3CC4CC5CC8CC54C3)C3CC4CC(C3)CC6C4)c3oc4ccccc4c3cc2c1. The number of pyridine rings is 2. The molecule has 1 spiro atoms. The largest absolute Gasteiger partial charge is 0.455 e. The van der Waals surface area contributed by atoms with E-state index in [9.17, 15) is 0 Å². The summed E-state index contributed by atoms with van der Waals surface area (Å²) in [7, 11) is 0. The van der Waals surface area contributed by atoms with Gasteiger partial charge in [-0.2, -0.15) is 0 Å². The van der Waals surface area contributed by atoms with Gasteiger partial charge >= 0.3 is 0 Å². The summed E-state index contributed by atoms with van der Waals surface area (Å²) in [6.07, 6.45) is 18.3. The summed E-state index contributed by atoms with van der Waals surface area (Å²) in [6.45, 7) is 0. The molecule has 55 heavy (non-hydrogen) atoms. The maximum atomic E-state index is 6.93. The zero-order valence-corrected chi connectivity index (χ0v) is 30.9. The fourth-order valence-corrected chi connectivity index (χ4v) is 15.9. The van der Waals surface area contributed by atoms with Crippen LogP contribution >= 0.6 is 0 Å². The highest BCUT2D eigenvalue weighted by Gasteiger charge is 2.66. The summed E-state index contributed by atoms with van der Waals surface area (Å²) >= 11 is 0. The first kappa shape index (κ1) is 28.4. The van der Waals surface area contributed by atoms with Crippen molar-refractivity contribution in [2.24, 2.45) is 29.1 Å². The third-order valence-electron chi connectivity index (χ3n) is 17.6. The van der Waals surface area contributed by atoms with Crippen LogP contribution in [0.5, 0.6) is 0 Å². The Hall–Kier alpha value is -4.96. The van der Waals surface area contributed by atoms with Gasteiger partial charge in [0.1, 0.15) is 11.2 Å². The molecule has 9 aromatic rings. The normalized spacial score (nSPS) is 32.4.